The van der Waals surface area contributed by atoms with Gasteiger partial charge in [-0.3, -0.25) is 4.90 Å². The van der Waals surface area contributed by atoms with Crippen LogP contribution in [0.1, 0.15) is 25.8 Å². The molecule has 1 aliphatic rings. The summed E-state index contributed by atoms with van der Waals surface area (Å²) in [6.45, 7) is 9.60. The van der Waals surface area contributed by atoms with Crippen molar-refractivity contribution >= 4 is 0 Å². The zero-order valence-electron chi connectivity index (χ0n) is 13.5. The topological polar surface area (TPSA) is 33.7 Å². The van der Waals surface area contributed by atoms with Gasteiger partial charge >= 0.3 is 0 Å². The van der Waals surface area contributed by atoms with Crippen LogP contribution in [0.5, 0.6) is 11.5 Å². The highest BCUT2D eigenvalue weighted by Crippen LogP contribution is 2.29. The SMILES string of the molecule is CCCOc1ccc(CC(C)N2CCNCC2)cc1OC. The van der Waals surface area contributed by atoms with E-state index >= 15 is 0 Å². The molecule has 0 aromatic heterocycles. The molecule has 1 heterocycles. The van der Waals surface area contributed by atoms with E-state index in [1.165, 1.54) is 5.56 Å². The van der Waals surface area contributed by atoms with Crippen LogP contribution in [0.4, 0.5) is 0 Å². The first kappa shape index (κ1) is 16.1. The summed E-state index contributed by atoms with van der Waals surface area (Å²) in [5.41, 5.74) is 1.31. The van der Waals surface area contributed by atoms with Crippen molar-refractivity contribution in [1.82, 2.24) is 10.2 Å². The first-order valence-electron chi connectivity index (χ1n) is 7.99. The van der Waals surface area contributed by atoms with Crippen LogP contribution in [-0.2, 0) is 6.42 Å². The van der Waals surface area contributed by atoms with E-state index in [1.807, 2.05) is 6.07 Å². The lowest BCUT2D eigenvalue weighted by atomic mass is 10.0. The highest BCUT2D eigenvalue weighted by atomic mass is 16.5. The van der Waals surface area contributed by atoms with Crippen LogP contribution in [0.25, 0.3) is 0 Å². The summed E-state index contributed by atoms with van der Waals surface area (Å²) in [7, 11) is 1.71. The van der Waals surface area contributed by atoms with Gasteiger partial charge in [0, 0.05) is 32.2 Å². The Bertz CT molecular complexity index is 431. The number of methoxy groups -OCH3 is 1. The molecule has 1 atom stereocenters. The van der Waals surface area contributed by atoms with Gasteiger partial charge in [0.15, 0.2) is 11.5 Å². The normalized spacial score (nSPS) is 17.5. The van der Waals surface area contributed by atoms with Gasteiger partial charge in [-0.1, -0.05) is 13.0 Å². The molecule has 0 bridgehead atoms. The van der Waals surface area contributed by atoms with Gasteiger partial charge in [-0.2, -0.15) is 0 Å². The number of benzene rings is 1. The predicted octanol–water partition coefficient (Wildman–Crippen LogP) is 2.32. The van der Waals surface area contributed by atoms with Crippen LogP contribution in [0.15, 0.2) is 18.2 Å². The average Bonchev–Trinajstić information content (AvgIpc) is 2.54. The lowest BCUT2D eigenvalue weighted by molar-refractivity contribution is 0.183. The fourth-order valence-corrected chi connectivity index (χ4v) is 2.76. The number of ether oxygens (including phenoxy) is 2. The molecule has 21 heavy (non-hydrogen) atoms. The number of rotatable bonds is 7. The Hall–Kier alpha value is -1.26. The molecule has 1 aliphatic heterocycles. The number of nitrogens with one attached hydrogen (secondary N) is 1. The minimum absolute atomic E-state index is 0.555. The van der Waals surface area contributed by atoms with Crippen LogP contribution in [0, 0.1) is 0 Å². The second-order valence-corrected chi connectivity index (χ2v) is 5.67. The fraction of sp³-hybridized carbons (Fsp3) is 0.647. The molecular weight excluding hydrogens is 264 g/mol. The van der Waals surface area contributed by atoms with Crippen molar-refractivity contribution in [1.29, 1.82) is 0 Å². The van der Waals surface area contributed by atoms with Crippen molar-refractivity contribution in [2.45, 2.75) is 32.7 Å². The fourth-order valence-electron chi connectivity index (χ4n) is 2.76. The Morgan fingerprint density at radius 3 is 2.67 bits per heavy atom. The van der Waals surface area contributed by atoms with E-state index in [9.17, 15) is 0 Å². The van der Waals surface area contributed by atoms with E-state index < -0.39 is 0 Å². The Morgan fingerprint density at radius 1 is 1.24 bits per heavy atom. The monoisotopic (exact) mass is 292 g/mol. The van der Waals surface area contributed by atoms with Crippen molar-refractivity contribution in [2.24, 2.45) is 0 Å². The van der Waals surface area contributed by atoms with Crippen molar-refractivity contribution in [3.05, 3.63) is 23.8 Å². The first-order valence-corrected chi connectivity index (χ1v) is 7.99. The summed E-state index contributed by atoms with van der Waals surface area (Å²) in [6.07, 6.45) is 2.05. The third-order valence-electron chi connectivity index (χ3n) is 4.00. The van der Waals surface area contributed by atoms with Gasteiger partial charge in [-0.15, -0.1) is 0 Å². The number of hydrogen-bond donors (Lipinski definition) is 1. The Morgan fingerprint density at radius 2 is 2.00 bits per heavy atom. The molecule has 0 radical (unpaired) electrons. The average molecular weight is 292 g/mol. The van der Waals surface area contributed by atoms with E-state index in [-0.39, 0.29) is 0 Å². The van der Waals surface area contributed by atoms with Crippen LogP contribution in [-0.4, -0.2) is 50.8 Å². The molecule has 1 fully saturated rings. The van der Waals surface area contributed by atoms with E-state index in [0.29, 0.717) is 6.04 Å². The summed E-state index contributed by atoms with van der Waals surface area (Å²) < 4.78 is 11.2. The first-order chi connectivity index (χ1) is 10.2. The minimum Gasteiger partial charge on any atom is -0.493 e. The van der Waals surface area contributed by atoms with Gasteiger partial charge in [-0.05, 0) is 37.5 Å². The Balaban J connectivity index is 1.99. The molecule has 2 rings (SSSR count). The molecular formula is C17H28N2O2. The molecule has 0 spiro atoms. The van der Waals surface area contributed by atoms with Gasteiger partial charge < -0.3 is 14.8 Å². The molecule has 118 valence electrons. The quantitative estimate of drug-likeness (QED) is 0.836. The molecule has 0 amide bonds. The largest absolute Gasteiger partial charge is 0.493 e. The summed E-state index contributed by atoms with van der Waals surface area (Å²) in [6, 6.07) is 6.86. The molecule has 0 saturated carbocycles. The molecule has 1 N–H and O–H groups in total. The van der Waals surface area contributed by atoms with Crippen molar-refractivity contribution in [3.8, 4) is 11.5 Å². The van der Waals surface area contributed by atoms with E-state index in [4.69, 9.17) is 9.47 Å². The Labute approximate surface area is 128 Å². The zero-order valence-corrected chi connectivity index (χ0v) is 13.5. The van der Waals surface area contributed by atoms with Crippen LogP contribution in [0.2, 0.25) is 0 Å². The molecule has 1 aromatic carbocycles. The number of nitrogens with zero attached hydrogens (tertiary/aromatic N) is 1. The molecule has 1 aromatic rings. The van der Waals surface area contributed by atoms with Crippen molar-refractivity contribution in [2.75, 3.05) is 39.9 Å². The van der Waals surface area contributed by atoms with Crippen LogP contribution in [0.3, 0.4) is 0 Å². The van der Waals surface area contributed by atoms with Gasteiger partial charge in [0.2, 0.25) is 0 Å². The molecule has 0 aliphatic carbocycles. The zero-order chi connectivity index (χ0) is 15.1. The number of hydrogen-bond acceptors (Lipinski definition) is 4. The summed E-state index contributed by atoms with van der Waals surface area (Å²) in [4.78, 5) is 2.55. The third kappa shape index (κ3) is 4.61. The molecule has 4 heteroatoms. The Kier molecular flexibility index (Phi) is 6.33. The molecule has 1 saturated heterocycles. The maximum Gasteiger partial charge on any atom is 0.161 e. The lowest BCUT2D eigenvalue weighted by Crippen LogP contribution is -2.48. The molecule has 1 unspecified atom stereocenters. The van der Waals surface area contributed by atoms with Gasteiger partial charge in [0.05, 0.1) is 13.7 Å². The van der Waals surface area contributed by atoms with E-state index in [0.717, 1.165) is 57.1 Å². The van der Waals surface area contributed by atoms with Gasteiger partial charge in [0.25, 0.3) is 0 Å². The van der Waals surface area contributed by atoms with Crippen LogP contribution < -0.4 is 14.8 Å². The highest BCUT2D eigenvalue weighted by Gasteiger charge is 2.17. The molecule has 4 nitrogen and oxygen atoms in total. The summed E-state index contributed by atoms with van der Waals surface area (Å²) >= 11 is 0. The highest BCUT2D eigenvalue weighted by molar-refractivity contribution is 5.43. The van der Waals surface area contributed by atoms with E-state index in [2.05, 4.69) is 36.2 Å². The second-order valence-electron chi connectivity index (χ2n) is 5.67. The van der Waals surface area contributed by atoms with Crippen molar-refractivity contribution in [3.63, 3.8) is 0 Å². The third-order valence-corrected chi connectivity index (χ3v) is 4.00. The minimum atomic E-state index is 0.555. The van der Waals surface area contributed by atoms with Crippen LogP contribution >= 0.6 is 0 Å². The van der Waals surface area contributed by atoms with E-state index in [1.54, 1.807) is 7.11 Å². The summed E-state index contributed by atoms with van der Waals surface area (Å²) in [5, 5.41) is 3.40. The van der Waals surface area contributed by atoms with Gasteiger partial charge in [-0.25, -0.2) is 0 Å². The maximum absolute atomic E-state index is 5.71. The van der Waals surface area contributed by atoms with Gasteiger partial charge in [0.1, 0.15) is 0 Å². The van der Waals surface area contributed by atoms with Crippen molar-refractivity contribution < 1.29 is 9.47 Å². The summed E-state index contributed by atoms with van der Waals surface area (Å²) in [5.74, 6) is 1.69. The lowest BCUT2D eigenvalue weighted by Gasteiger charge is -2.33. The maximum atomic E-state index is 5.71. The number of piperazine rings is 1. The smallest absolute Gasteiger partial charge is 0.161 e. The standard InChI is InChI=1S/C17H28N2O2/c1-4-11-21-16-6-5-15(13-17(16)20-3)12-14(2)19-9-7-18-8-10-19/h5-6,13-14,18H,4,7-12H2,1-3H3. The predicted molar refractivity (Wildman–Crippen MR) is 86.4 cm³/mol. The second kappa shape index (κ2) is 8.25.